The highest BCUT2D eigenvalue weighted by atomic mass is 127. The zero-order chi connectivity index (χ0) is 13.3. The molecule has 1 aliphatic rings. The van der Waals surface area contributed by atoms with Crippen molar-refractivity contribution in [2.45, 2.75) is 13.0 Å². The highest BCUT2D eigenvalue weighted by Gasteiger charge is 2.26. The van der Waals surface area contributed by atoms with Crippen molar-refractivity contribution >= 4 is 52.5 Å². The summed E-state index contributed by atoms with van der Waals surface area (Å²) in [5.41, 5.74) is 0.371. The van der Waals surface area contributed by atoms with E-state index in [1.807, 2.05) is 29.5 Å². The summed E-state index contributed by atoms with van der Waals surface area (Å²) in [5.74, 6) is -0.530. The quantitative estimate of drug-likeness (QED) is 0.561. The maximum absolute atomic E-state index is 13.3. The summed E-state index contributed by atoms with van der Waals surface area (Å²) in [6.45, 7) is 4.16. The van der Waals surface area contributed by atoms with E-state index in [1.54, 1.807) is 4.90 Å². The summed E-state index contributed by atoms with van der Waals surface area (Å²) in [6, 6.07) is 2.82. The van der Waals surface area contributed by atoms with Crippen molar-refractivity contribution < 1.29 is 9.18 Å². The molecule has 1 aliphatic heterocycles. The Morgan fingerprint density at radius 2 is 2.26 bits per heavy atom. The first-order valence-electron chi connectivity index (χ1n) is 5.67. The Kier molecular flexibility index (Phi) is 6.29. The summed E-state index contributed by atoms with van der Waals surface area (Å²) < 4.78 is 13.7. The number of hydrogen-bond acceptors (Lipinski definition) is 2. The number of benzene rings is 1. The normalized spacial score (nSPS) is 18.9. The Balaban J connectivity index is 0.00000180. The molecular weight excluding hydrogens is 405 g/mol. The van der Waals surface area contributed by atoms with Gasteiger partial charge in [0.2, 0.25) is 0 Å². The van der Waals surface area contributed by atoms with Crippen LogP contribution in [0.1, 0.15) is 17.3 Å². The predicted octanol–water partition coefficient (Wildman–Crippen LogP) is 2.94. The number of piperazine rings is 1. The lowest BCUT2D eigenvalue weighted by atomic mass is 10.1. The molecule has 1 saturated heterocycles. The molecule has 0 aromatic heterocycles. The lowest BCUT2D eigenvalue weighted by molar-refractivity contribution is 0.0656. The molecule has 1 fully saturated rings. The Morgan fingerprint density at radius 3 is 2.89 bits per heavy atom. The van der Waals surface area contributed by atoms with Crippen LogP contribution in [0.2, 0.25) is 5.02 Å². The van der Waals surface area contributed by atoms with Crippen LogP contribution in [0.15, 0.2) is 12.1 Å². The average molecular weight is 419 g/mol. The fourth-order valence-electron chi connectivity index (χ4n) is 1.98. The number of nitrogens with one attached hydrogen (secondary N) is 1. The molecule has 0 spiro atoms. The molecule has 0 aliphatic carbocycles. The van der Waals surface area contributed by atoms with Gasteiger partial charge in [-0.3, -0.25) is 4.79 Å². The van der Waals surface area contributed by atoms with E-state index in [0.717, 1.165) is 13.1 Å². The van der Waals surface area contributed by atoms with Gasteiger partial charge in [-0.1, -0.05) is 11.6 Å². The second kappa shape index (κ2) is 7.06. The van der Waals surface area contributed by atoms with Gasteiger partial charge in [0, 0.05) is 29.2 Å². The van der Waals surface area contributed by atoms with E-state index in [4.69, 9.17) is 11.6 Å². The third-order valence-electron chi connectivity index (χ3n) is 3.00. The molecule has 1 atom stereocenters. The number of carbonyl (C=O) groups excluding carboxylic acids is 1. The van der Waals surface area contributed by atoms with Gasteiger partial charge < -0.3 is 10.2 Å². The fourth-order valence-corrected chi connectivity index (χ4v) is 2.68. The van der Waals surface area contributed by atoms with Gasteiger partial charge in [-0.2, -0.15) is 0 Å². The van der Waals surface area contributed by atoms with Crippen LogP contribution in [0.5, 0.6) is 0 Å². The Morgan fingerprint density at radius 1 is 1.58 bits per heavy atom. The molecule has 1 unspecified atom stereocenters. The SMILES string of the molecule is CC1CNCCN1C(=O)c1cc(I)c(F)cc1Cl.Cl. The minimum Gasteiger partial charge on any atom is -0.333 e. The molecule has 7 heteroatoms. The molecule has 0 bridgehead atoms. The molecule has 0 saturated carbocycles. The minimum atomic E-state index is -0.398. The van der Waals surface area contributed by atoms with E-state index in [0.29, 0.717) is 15.7 Å². The highest BCUT2D eigenvalue weighted by molar-refractivity contribution is 14.1. The summed E-state index contributed by atoms with van der Waals surface area (Å²) in [6.07, 6.45) is 0. The minimum absolute atomic E-state index is 0. The topological polar surface area (TPSA) is 32.3 Å². The molecule has 1 aromatic rings. The van der Waals surface area contributed by atoms with Crippen molar-refractivity contribution in [1.29, 1.82) is 0 Å². The summed E-state index contributed by atoms with van der Waals surface area (Å²) >= 11 is 7.82. The van der Waals surface area contributed by atoms with E-state index >= 15 is 0 Å². The van der Waals surface area contributed by atoms with Crippen LogP contribution < -0.4 is 5.32 Å². The Bertz CT molecular complexity index is 487. The van der Waals surface area contributed by atoms with Crippen LogP contribution in [0.25, 0.3) is 0 Å². The van der Waals surface area contributed by atoms with E-state index in [2.05, 4.69) is 5.32 Å². The summed E-state index contributed by atoms with van der Waals surface area (Å²) in [5, 5.41) is 3.39. The molecule has 1 amide bonds. The third kappa shape index (κ3) is 3.71. The van der Waals surface area contributed by atoms with Crippen LogP contribution in [0, 0.1) is 9.39 Å². The van der Waals surface area contributed by atoms with Gasteiger partial charge >= 0.3 is 0 Å². The lowest BCUT2D eigenvalue weighted by Crippen LogP contribution is -2.52. The molecule has 1 aromatic carbocycles. The first-order chi connectivity index (χ1) is 8.50. The van der Waals surface area contributed by atoms with Crippen molar-refractivity contribution in [3.05, 3.63) is 32.1 Å². The number of amides is 1. The first kappa shape index (κ1) is 16.9. The van der Waals surface area contributed by atoms with Gasteiger partial charge in [-0.05, 0) is 41.6 Å². The Labute approximate surface area is 136 Å². The highest BCUT2D eigenvalue weighted by Crippen LogP contribution is 2.24. The number of nitrogens with zero attached hydrogens (tertiary/aromatic N) is 1. The monoisotopic (exact) mass is 418 g/mol. The number of carbonyl (C=O) groups is 1. The zero-order valence-electron chi connectivity index (χ0n) is 10.3. The number of rotatable bonds is 1. The van der Waals surface area contributed by atoms with Crippen molar-refractivity contribution in [3.63, 3.8) is 0 Å². The number of halogens is 4. The summed E-state index contributed by atoms with van der Waals surface area (Å²) in [7, 11) is 0. The smallest absolute Gasteiger partial charge is 0.255 e. The van der Waals surface area contributed by atoms with E-state index in [9.17, 15) is 9.18 Å². The van der Waals surface area contributed by atoms with Crippen molar-refractivity contribution in [1.82, 2.24) is 10.2 Å². The van der Waals surface area contributed by atoms with Crippen LogP contribution in [-0.4, -0.2) is 36.5 Å². The van der Waals surface area contributed by atoms with Crippen LogP contribution in [0.3, 0.4) is 0 Å². The molecule has 2 rings (SSSR count). The molecule has 0 radical (unpaired) electrons. The standard InChI is InChI=1S/C12H13ClFIN2O.ClH/c1-7-6-16-2-3-17(7)12(18)8-4-11(15)10(14)5-9(8)13;/h4-5,7,16H,2-3,6H2,1H3;1H. The van der Waals surface area contributed by atoms with Crippen LogP contribution >= 0.6 is 46.6 Å². The zero-order valence-corrected chi connectivity index (χ0v) is 14.0. The van der Waals surface area contributed by atoms with Crippen molar-refractivity contribution in [2.75, 3.05) is 19.6 Å². The largest absolute Gasteiger partial charge is 0.333 e. The first-order valence-corrected chi connectivity index (χ1v) is 7.12. The third-order valence-corrected chi connectivity index (χ3v) is 4.14. The van der Waals surface area contributed by atoms with Crippen LogP contribution in [-0.2, 0) is 0 Å². The lowest BCUT2D eigenvalue weighted by Gasteiger charge is -2.34. The van der Waals surface area contributed by atoms with Gasteiger partial charge in [0.1, 0.15) is 5.82 Å². The molecule has 3 nitrogen and oxygen atoms in total. The second-order valence-electron chi connectivity index (χ2n) is 4.30. The second-order valence-corrected chi connectivity index (χ2v) is 5.87. The van der Waals surface area contributed by atoms with Gasteiger partial charge in [0.05, 0.1) is 10.6 Å². The maximum atomic E-state index is 13.3. The molecule has 1 N–H and O–H groups in total. The average Bonchev–Trinajstić information content (AvgIpc) is 2.33. The maximum Gasteiger partial charge on any atom is 0.255 e. The molecule has 19 heavy (non-hydrogen) atoms. The van der Waals surface area contributed by atoms with Gasteiger partial charge in [0.15, 0.2) is 0 Å². The molecule has 1 heterocycles. The predicted molar refractivity (Wildman–Crippen MR) is 84.7 cm³/mol. The van der Waals surface area contributed by atoms with Crippen molar-refractivity contribution in [3.8, 4) is 0 Å². The summed E-state index contributed by atoms with van der Waals surface area (Å²) in [4.78, 5) is 14.2. The van der Waals surface area contributed by atoms with Gasteiger partial charge in [-0.25, -0.2) is 4.39 Å². The Hall–Kier alpha value is -0.110. The molecule has 106 valence electrons. The van der Waals surface area contributed by atoms with E-state index in [-0.39, 0.29) is 29.4 Å². The van der Waals surface area contributed by atoms with Gasteiger partial charge in [0.25, 0.3) is 5.91 Å². The fraction of sp³-hybridized carbons (Fsp3) is 0.417. The van der Waals surface area contributed by atoms with Crippen molar-refractivity contribution in [2.24, 2.45) is 0 Å². The molecular formula is C12H14Cl2FIN2O. The van der Waals surface area contributed by atoms with E-state index < -0.39 is 5.82 Å². The number of hydrogen-bond donors (Lipinski definition) is 1. The van der Waals surface area contributed by atoms with Crippen LogP contribution in [0.4, 0.5) is 4.39 Å². The van der Waals surface area contributed by atoms with Gasteiger partial charge in [-0.15, -0.1) is 12.4 Å². The van der Waals surface area contributed by atoms with E-state index in [1.165, 1.54) is 12.1 Å².